The van der Waals surface area contributed by atoms with Gasteiger partial charge in [-0.3, -0.25) is 4.21 Å². The molecule has 3 aliphatic carbocycles. The van der Waals surface area contributed by atoms with Crippen LogP contribution in [0.5, 0.6) is 0 Å². The van der Waals surface area contributed by atoms with Gasteiger partial charge in [0.1, 0.15) is 0 Å². The molecule has 22 heavy (non-hydrogen) atoms. The van der Waals surface area contributed by atoms with Gasteiger partial charge >= 0.3 is 0 Å². The third kappa shape index (κ3) is 2.05. The molecule has 1 aromatic rings. The Bertz CT molecular complexity index is 626. The number of hydrogen-bond acceptors (Lipinski definition) is 2. The Kier molecular flexibility index (Phi) is 3.50. The molecule has 0 bridgehead atoms. The lowest BCUT2D eigenvalue weighted by atomic mass is 9.55. The molecule has 1 N–H and O–H groups in total. The quantitative estimate of drug-likeness (QED) is 0.858. The number of rotatable bonds is 1. The summed E-state index contributed by atoms with van der Waals surface area (Å²) < 4.78 is 11.7. The first-order chi connectivity index (χ1) is 10.5. The van der Waals surface area contributed by atoms with Crippen LogP contribution in [0.25, 0.3) is 0 Å². The van der Waals surface area contributed by atoms with Gasteiger partial charge in [-0.1, -0.05) is 13.0 Å². The standard InChI is InChI=1S/C19H26O2S/c1-19-10-9-15-14-6-4-13(22(2)21)11-12(14)3-5-16(15)17(19)7-8-18(19)20/h4,6,11,15-18,20H,3,5,7-10H2,1-2H3/t15-,16-,17+,18+,19+,22?/m1/s1. The van der Waals surface area contributed by atoms with E-state index in [1.165, 1.54) is 30.4 Å². The molecule has 0 aromatic heterocycles. The lowest BCUT2D eigenvalue weighted by molar-refractivity contribution is -0.0226. The van der Waals surface area contributed by atoms with Crippen molar-refractivity contribution in [1.82, 2.24) is 0 Å². The number of fused-ring (bicyclic) bond motifs is 5. The molecule has 1 unspecified atom stereocenters. The Balaban J connectivity index is 1.69. The summed E-state index contributed by atoms with van der Waals surface area (Å²) in [6, 6.07) is 6.49. The van der Waals surface area contributed by atoms with Crippen LogP contribution in [0.4, 0.5) is 0 Å². The number of benzene rings is 1. The SMILES string of the molecule is CS(=O)c1ccc2c(c1)CC[C@@H]1[C@@H]2CC[C@]2(C)[C@@H](O)CC[C@@H]12. The van der Waals surface area contributed by atoms with Crippen LogP contribution >= 0.6 is 0 Å². The molecular formula is C19H26O2S. The summed E-state index contributed by atoms with van der Waals surface area (Å²) in [6.07, 6.45) is 8.58. The molecule has 2 saturated carbocycles. The monoisotopic (exact) mass is 318 g/mol. The predicted octanol–water partition coefficient (Wildman–Crippen LogP) is 3.64. The smallest absolute Gasteiger partial charge is 0.0596 e. The Labute approximate surface area is 135 Å². The van der Waals surface area contributed by atoms with Crippen molar-refractivity contribution in [3.05, 3.63) is 29.3 Å². The van der Waals surface area contributed by atoms with E-state index in [0.29, 0.717) is 11.8 Å². The van der Waals surface area contributed by atoms with Gasteiger partial charge < -0.3 is 5.11 Å². The van der Waals surface area contributed by atoms with Crippen molar-refractivity contribution < 1.29 is 9.32 Å². The van der Waals surface area contributed by atoms with Crippen molar-refractivity contribution in [2.24, 2.45) is 17.3 Å². The van der Waals surface area contributed by atoms with Gasteiger partial charge in [0.25, 0.3) is 0 Å². The Morgan fingerprint density at radius 3 is 2.82 bits per heavy atom. The third-order valence-corrected chi connectivity index (χ3v) is 7.90. The molecule has 6 atom stereocenters. The van der Waals surface area contributed by atoms with E-state index >= 15 is 0 Å². The molecular weight excluding hydrogens is 292 g/mol. The Morgan fingerprint density at radius 1 is 1.23 bits per heavy atom. The normalized spacial score (nSPS) is 41.4. The molecule has 1 aromatic carbocycles. The highest BCUT2D eigenvalue weighted by atomic mass is 32.2. The van der Waals surface area contributed by atoms with Crippen LogP contribution in [-0.2, 0) is 17.2 Å². The van der Waals surface area contributed by atoms with Gasteiger partial charge in [0, 0.05) is 22.0 Å². The summed E-state index contributed by atoms with van der Waals surface area (Å²) in [5.74, 6) is 2.09. The fourth-order valence-electron chi connectivity index (χ4n) is 5.71. The summed E-state index contributed by atoms with van der Waals surface area (Å²) in [5, 5.41) is 10.4. The Morgan fingerprint density at radius 2 is 2.05 bits per heavy atom. The topological polar surface area (TPSA) is 37.3 Å². The highest BCUT2D eigenvalue weighted by molar-refractivity contribution is 7.84. The zero-order chi connectivity index (χ0) is 15.5. The fourth-order valence-corrected chi connectivity index (χ4v) is 6.28. The maximum Gasteiger partial charge on any atom is 0.0596 e. The first kappa shape index (κ1) is 14.9. The number of aryl methyl sites for hydroxylation is 1. The van der Waals surface area contributed by atoms with Gasteiger partial charge in [0.2, 0.25) is 0 Å². The molecule has 2 fully saturated rings. The summed E-state index contributed by atoms with van der Waals surface area (Å²) in [6.45, 7) is 2.32. The van der Waals surface area contributed by atoms with Gasteiger partial charge in [-0.25, -0.2) is 0 Å². The number of aliphatic hydroxyl groups excluding tert-OH is 1. The van der Waals surface area contributed by atoms with Gasteiger partial charge in [-0.05, 0) is 85.0 Å². The van der Waals surface area contributed by atoms with E-state index in [2.05, 4.69) is 25.1 Å². The molecule has 0 aliphatic heterocycles. The number of hydrogen-bond donors (Lipinski definition) is 1. The highest BCUT2D eigenvalue weighted by Gasteiger charge is 2.54. The van der Waals surface area contributed by atoms with Crippen molar-refractivity contribution in [1.29, 1.82) is 0 Å². The van der Waals surface area contributed by atoms with Crippen LogP contribution in [0.3, 0.4) is 0 Å². The molecule has 0 heterocycles. The molecule has 2 nitrogen and oxygen atoms in total. The van der Waals surface area contributed by atoms with Crippen LogP contribution in [0.15, 0.2) is 23.1 Å². The molecule has 3 heteroatoms. The molecule has 3 aliphatic rings. The third-order valence-electron chi connectivity index (χ3n) is 6.98. The lowest BCUT2D eigenvalue weighted by Gasteiger charge is -2.50. The van der Waals surface area contributed by atoms with E-state index in [-0.39, 0.29) is 11.5 Å². The molecule has 0 radical (unpaired) electrons. The lowest BCUT2D eigenvalue weighted by Crippen LogP contribution is -2.43. The Hall–Kier alpha value is -0.670. The zero-order valence-corrected chi connectivity index (χ0v) is 14.4. The molecule has 120 valence electrons. The molecule has 0 saturated heterocycles. The van der Waals surface area contributed by atoms with Crippen molar-refractivity contribution in [2.45, 2.75) is 62.4 Å². The second-order valence-corrected chi connectivity index (χ2v) is 9.25. The maximum atomic E-state index is 11.7. The van der Waals surface area contributed by atoms with Gasteiger partial charge in [0.05, 0.1) is 6.10 Å². The first-order valence-corrected chi connectivity index (χ1v) is 10.2. The summed E-state index contributed by atoms with van der Waals surface area (Å²) in [7, 11) is -0.886. The average molecular weight is 318 g/mol. The fraction of sp³-hybridized carbons (Fsp3) is 0.684. The summed E-state index contributed by atoms with van der Waals surface area (Å²) in [4.78, 5) is 0.967. The van der Waals surface area contributed by atoms with E-state index in [0.717, 1.165) is 30.1 Å². The minimum absolute atomic E-state index is 0.0928. The largest absolute Gasteiger partial charge is 0.393 e. The molecule has 0 spiro atoms. The summed E-state index contributed by atoms with van der Waals surface area (Å²) in [5.41, 5.74) is 3.09. The van der Waals surface area contributed by atoms with Crippen LogP contribution < -0.4 is 0 Å². The van der Waals surface area contributed by atoms with Crippen molar-refractivity contribution in [3.63, 3.8) is 0 Å². The minimum atomic E-state index is -0.886. The predicted molar refractivity (Wildman–Crippen MR) is 89.4 cm³/mol. The van der Waals surface area contributed by atoms with E-state index in [4.69, 9.17) is 0 Å². The van der Waals surface area contributed by atoms with Crippen molar-refractivity contribution >= 4 is 10.8 Å². The van der Waals surface area contributed by atoms with E-state index in [1.54, 1.807) is 6.26 Å². The van der Waals surface area contributed by atoms with Crippen LogP contribution in [-0.4, -0.2) is 21.7 Å². The van der Waals surface area contributed by atoms with E-state index in [9.17, 15) is 9.32 Å². The van der Waals surface area contributed by atoms with Crippen LogP contribution in [0, 0.1) is 17.3 Å². The highest BCUT2D eigenvalue weighted by Crippen LogP contribution is 2.60. The second-order valence-electron chi connectivity index (χ2n) is 7.87. The van der Waals surface area contributed by atoms with E-state index < -0.39 is 10.8 Å². The van der Waals surface area contributed by atoms with Gasteiger partial charge in [0.15, 0.2) is 0 Å². The zero-order valence-electron chi connectivity index (χ0n) is 13.5. The van der Waals surface area contributed by atoms with Gasteiger partial charge in [-0.15, -0.1) is 0 Å². The van der Waals surface area contributed by atoms with Crippen LogP contribution in [0.2, 0.25) is 0 Å². The van der Waals surface area contributed by atoms with Crippen molar-refractivity contribution in [2.75, 3.05) is 6.26 Å². The first-order valence-electron chi connectivity index (χ1n) is 8.65. The number of aliphatic hydroxyl groups is 1. The summed E-state index contributed by atoms with van der Waals surface area (Å²) >= 11 is 0. The maximum absolute atomic E-state index is 11.7. The van der Waals surface area contributed by atoms with Crippen LogP contribution in [0.1, 0.15) is 56.1 Å². The van der Waals surface area contributed by atoms with Crippen molar-refractivity contribution in [3.8, 4) is 0 Å². The second kappa shape index (κ2) is 5.17. The molecule has 0 amide bonds. The average Bonchev–Trinajstić information content (AvgIpc) is 2.82. The van der Waals surface area contributed by atoms with Gasteiger partial charge in [-0.2, -0.15) is 0 Å². The molecule has 4 rings (SSSR count). The minimum Gasteiger partial charge on any atom is -0.393 e. The van der Waals surface area contributed by atoms with E-state index in [1.807, 2.05) is 0 Å².